The molecule has 2 fully saturated rings. The van der Waals surface area contributed by atoms with Gasteiger partial charge in [0, 0.05) is 0 Å². The fourth-order valence-corrected chi connectivity index (χ4v) is 5.56. The molecule has 1 aromatic carbocycles. The van der Waals surface area contributed by atoms with E-state index in [9.17, 15) is 4.79 Å². The zero-order valence-electron chi connectivity index (χ0n) is 18.1. The van der Waals surface area contributed by atoms with Crippen molar-refractivity contribution in [3.05, 3.63) is 35.4 Å². The standard InChI is InChI=1S/C26H40O2/c1-3-5-19-28-26(27)25-17-15-24(16-18-25)23-13-11-22(12-14-23)21-9-7-20(6-4-2)8-10-21/h15-18,20-23H,3-14,19H2,1-2H3/t20-,21-,22?,23?. The van der Waals surface area contributed by atoms with E-state index in [0.717, 1.165) is 30.6 Å². The topological polar surface area (TPSA) is 26.3 Å². The largest absolute Gasteiger partial charge is 0.462 e. The van der Waals surface area contributed by atoms with Crippen LogP contribution in [-0.4, -0.2) is 12.6 Å². The van der Waals surface area contributed by atoms with E-state index in [1.54, 1.807) is 0 Å². The summed E-state index contributed by atoms with van der Waals surface area (Å²) in [6, 6.07) is 8.25. The number of hydrogen-bond acceptors (Lipinski definition) is 2. The summed E-state index contributed by atoms with van der Waals surface area (Å²) in [4.78, 5) is 12.1. The predicted molar refractivity (Wildman–Crippen MR) is 117 cm³/mol. The third-order valence-electron chi connectivity index (χ3n) is 7.38. The number of carbonyl (C=O) groups is 1. The Morgan fingerprint density at radius 2 is 1.46 bits per heavy atom. The molecule has 0 atom stereocenters. The molecule has 28 heavy (non-hydrogen) atoms. The SMILES string of the molecule is CCCCOC(=O)c1ccc(C2CCC([C@H]3CC[C@H](CCC)CC3)CC2)cc1. The predicted octanol–water partition coefficient (Wildman–Crippen LogP) is 7.52. The highest BCUT2D eigenvalue weighted by atomic mass is 16.5. The van der Waals surface area contributed by atoms with E-state index in [1.165, 1.54) is 69.8 Å². The Morgan fingerprint density at radius 1 is 0.857 bits per heavy atom. The van der Waals surface area contributed by atoms with Crippen LogP contribution in [0.2, 0.25) is 0 Å². The average Bonchev–Trinajstić information content (AvgIpc) is 2.75. The van der Waals surface area contributed by atoms with Crippen LogP contribution in [-0.2, 0) is 4.74 Å². The van der Waals surface area contributed by atoms with Crippen molar-refractivity contribution in [2.75, 3.05) is 6.61 Å². The van der Waals surface area contributed by atoms with Gasteiger partial charge in [-0.3, -0.25) is 0 Å². The molecule has 3 rings (SSSR count). The summed E-state index contributed by atoms with van der Waals surface area (Å²) in [6.45, 7) is 4.96. The van der Waals surface area contributed by atoms with E-state index in [4.69, 9.17) is 4.74 Å². The molecule has 0 spiro atoms. The van der Waals surface area contributed by atoms with Gasteiger partial charge in [-0.05, 0) is 86.3 Å². The Hall–Kier alpha value is -1.31. The second-order valence-corrected chi connectivity index (χ2v) is 9.29. The van der Waals surface area contributed by atoms with Crippen molar-refractivity contribution in [3.8, 4) is 0 Å². The highest BCUT2D eigenvalue weighted by Gasteiger charge is 2.31. The summed E-state index contributed by atoms with van der Waals surface area (Å²) in [5.74, 6) is 3.48. The molecule has 2 aliphatic carbocycles. The third-order valence-corrected chi connectivity index (χ3v) is 7.38. The number of carbonyl (C=O) groups excluding carboxylic acids is 1. The van der Waals surface area contributed by atoms with Crippen LogP contribution in [0.3, 0.4) is 0 Å². The van der Waals surface area contributed by atoms with Gasteiger partial charge in [-0.1, -0.05) is 58.1 Å². The monoisotopic (exact) mass is 384 g/mol. The molecule has 2 saturated carbocycles. The highest BCUT2D eigenvalue weighted by molar-refractivity contribution is 5.89. The molecule has 0 N–H and O–H groups in total. The first-order valence-electron chi connectivity index (χ1n) is 12.0. The first-order chi connectivity index (χ1) is 13.7. The third kappa shape index (κ3) is 5.84. The smallest absolute Gasteiger partial charge is 0.338 e. The highest BCUT2D eigenvalue weighted by Crippen LogP contribution is 2.44. The van der Waals surface area contributed by atoms with Gasteiger partial charge in [0.1, 0.15) is 0 Å². The van der Waals surface area contributed by atoms with Crippen LogP contribution in [0.25, 0.3) is 0 Å². The maximum absolute atomic E-state index is 12.1. The molecule has 0 heterocycles. The fourth-order valence-electron chi connectivity index (χ4n) is 5.56. The molecule has 2 nitrogen and oxygen atoms in total. The van der Waals surface area contributed by atoms with Gasteiger partial charge < -0.3 is 4.74 Å². The molecule has 0 amide bonds. The molecular formula is C26H40O2. The van der Waals surface area contributed by atoms with Crippen molar-refractivity contribution in [1.29, 1.82) is 0 Å². The lowest BCUT2D eigenvalue weighted by molar-refractivity contribution is 0.0499. The molecular weight excluding hydrogens is 344 g/mol. The quantitative estimate of drug-likeness (QED) is 0.342. The lowest BCUT2D eigenvalue weighted by Crippen LogP contribution is -2.25. The van der Waals surface area contributed by atoms with Crippen LogP contribution in [0, 0.1) is 17.8 Å². The minimum atomic E-state index is -0.178. The molecule has 0 aliphatic heterocycles. The first-order valence-corrected chi connectivity index (χ1v) is 12.0. The normalized spacial score (nSPS) is 28.1. The lowest BCUT2D eigenvalue weighted by Gasteiger charge is -2.38. The van der Waals surface area contributed by atoms with Crippen LogP contribution in [0.15, 0.2) is 24.3 Å². The molecule has 0 aromatic heterocycles. The van der Waals surface area contributed by atoms with Gasteiger partial charge in [0.15, 0.2) is 0 Å². The molecule has 0 unspecified atom stereocenters. The van der Waals surface area contributed by atoms with Crippen molar-refractivity contribution >= 4 is 5.97 Å². The Labute approximate surface area is 172 Å². The van der Waals surface area contributed by atoms with Crippen molar-refractivity contribution in [3.63, 3.8) is 0 Å². The Kier molecular flexibility index (Phi) is 8.43. The van der Waals surface area contributed by atoms with E-state index in [2.05, 4.69) is 26.0 Å². The molecule has 0 bridgehead atoms. The number of ether oxygens (including phenoxy) is 1. The zero-order chi connectivity index (χ0) is 19.8. The van der Waals surface area contributed by atoms with Gasteiger partial charge in [0.05, 0.1) is 12.2 Å². The first kappa shape index (κ1) is 21.4. The van der Waals surface area contributed by atoms with Crippen molar-refractivity contribution in [1.82, 2.24) is 0 Å². The van der Waals surface area contributed by atoms with E-state index in [-0.39, 0.29) is 5.97 Å². The zero-order valence-corrected chi connectivity index (χ0v) is 18.1. The van der Waals surface area contributed by atoms with Crippen LogP contribution in [0.5, 0.6) is 0 Å². The Bertz CT molecular complexity index is 575. The van der Waals surface area contributed by atoms with Crippen LogP contribution < -0.4 is 0 Å². The summed E-state index contributed by atoms with van der Waals surface area (Å²) >= 11 is 0. The summed E-state index contributed by atoms with van der Waals surface area (Å²) < 4.78 is 5.32. The lowest BCUT2D eigenvalue weighted by atomic mass is 9.68. The summed E-state index contributed by atoms with van der Waals surface area (Å²) in [7, 11) is 0. The maximum Gasteiger partial charge on any atom is 0.338 e. The van der Waals surface area contributed by atoms with E-state index in [0.29, 0.717) is 18.1 Å². The minimum absolute atomic E-state index is 0.178. The van der Waals surface area contributed by atoms with Crippen LogP contribution in [0.1, 0.15) is 113 Å². The number of rotatable bonds is 8. The number of benzene rings is 1. The van der Waals surface area contributed by atoms with Gasteiger partial charge in [-0.15, -0.1) is 0 Å². The van der Waals surface area contributed by atoms with E-state index in [1.807, 2.05) is 12.1 Å². The second-order valence-electron chi connectivity index (χ2n) is 9.29. The van der Waals surface area contributed by atoms with Gasteiger partial charge in [0.25, 0.3) is 0 Å². The van der Waals surface area contributed by atoms with Gasteiger partial charge in [0.2, 0.25) is 0 Å². The molecule has 156 valence electrons. The van der Waals surface area contributed by atoms with Crippen molar-refractivity contribution in [2.45, 2.75) is 96.8 Å². The number of esters is 1. The molecule has 0 saturated heterocycles. The molecule has 2 heteroatoms. The Morgan fingerprint density at radius 3 is 2.04 bits per heavy atom. The second kappa shape index (κ2) is 11.0. The molecule has 2 aliphatic rings. The summed E-state index contributed by atoms with van der Waals surface area (Å²) in [5, 5.41) is 0. The fraction of sp³-hybridized carbons (Fsp3) is 0.731. The summed E-state index contributed by atoms with van der Waals surface area (Å²) in [6.07, 6.45) is 16.1. The van der Waals surface area contributed by atoms with Gasteiger partial charge in [-0.2, -0.15) is 0 Å². The van der Waals surface area contributed by atoms with Crippen LogP contribution >= 0.6 is 0 Å². The summed E-state index contributed by atoms with van der Waals surface area (Å²) in [5.41, 5.74) is 2.10. The maximum atomic E-state index is 12.1. The molecule has 1 aromatic rings. The van der Waals surface area contributed by atoms with Crippen molar-refractivity contribution in [2.24, 2.45) is 17.8 Å². The van der Waals surface area contributed by atoms with E-state index < -0.39 is 0 Å². The number of unbranched alkanes of at least 4 members (excludes halogenated alkanes) is 1. The molecule has 0 radical (unpaired) electrons. The van der Waals surface area contributed by atoms with Gasteiger partial charge >= 0.3 is 5.97 Å². The minimum Gasteiger partial charge on any atom is -0.462 e. The van der Waals surface area contributed by atoms with Crippen LogP contribution in [0.4, 0.5) is 0 Å². The average molecular weight is 385 g/mol. The van der Waals surface area contributed by atoms with Crippen molar-refractivity contribution < 1.29 is 9.53 Å². The number of hydrogen-bond donors (Lipinski definition) is 0. The Balaban J connectivity index is 1.44. The van der Waals surface area contributed by atoms with E-state index >= 15 is 0 Å². The van der Waals surface area contributed by atoms with Gasteiger partial charge in [-0.25, -0.2) is 4.79 Å².